The van der Waals surface area contributed by atoms with Crippen molar-refractivity contribution in [3.8, 4) is 5.69 Å². The largest absolute Gasteiger partial charge is 0.365 e. The zero-order chi connectivity index (χ0) is 21.0. The van der Waals surface area contributed by atoms with Crippen LogP contribution >= 0.6 is 0 Å². The summed E-state index contributed by atoms with van der Waals surface area (Å²) in [5.41, 5.74) is 8.01. The van der Waals surface area contributed by atoms with E-state index in [-0.39, 0.29) is 16.5 Å². The molecule has 0 unspecified atom stereocenters. The van der Waals surface area contributed by atoms with Crippen LogP contribution in [0.1, 0.15) is 68.4 Å². The molecule has 1 aliphatic carbocycles. The van der Waals surface area contributed by atoms with E-state index < -0.39 is 0 Å². The van der Waals surface area contributed by atoms with Crippen LogP contribution < -0.4 is 5.69 Å². The predicted octanol–water partition coefficient (Wildman–Crippen LogP) is 4.67. The maximum Gasteiger partial charge on any atom is 0.365 e. The van der Waals surface area contributed by atoms with Gasteiger partial charge in [0.05, 0.1) is 5.69 Å². The monoisotopic (exact) mass is 388 g/mol. The van der Waals surface area contributed by atoms with Gasteiger partial charge in [-0.2, -0.15) is 4.68 Å². The lowest BCUT2D eigenvalue weighted by Crippen LogP contribution is -2.34. The van der Waals surface area contributed by atoms with Gasteiger partial charge in [0.1, 0.15) is 0 Å². The molecule has 0 bridgehead atoms. The summed E-state index contributed by atoms with van der Waals surface area (Å²) < 4.78 is 1.24. The third-order valence-corrected chi connectivity index (χ3v) is 6.46. The highest BCUT2D eigenvalue weighted by molar-refractivity contribution is 5.81. The first-order valence-corrected chi connectivity index (χ1v) is 10.1. The minimum absolute atomic E-state index is 0.158. The van der Waals surface area contributed by atoms with Crippen molar-refractivity contribution in [3.63, 3.8) is 0 Å². The average molecular weight is 389 g/mol. The Balaban J connectivity index is 1.75. The van der Waals surface area contributed by atoms with Crippen molar-refractivity contribution in [2.75, 3.05) is 0 Å². The molecule has 1 aromatic heterocycles. The second-order valence-corrected chi connectivity index (χ2v) is 9.42. The Hall–Kier alpha value is -2.95. The standard InChI is InChI=1S/C24H28N4O/c1-15-13-20-21(24(5,6)12-11-23(20,3)4)14-19(15)16(2)17-7-9-18(10-8-17)28-22(29)25-26-27-28/h7-10,13-14H,2,11-12H2,1,3-6H3,(H,25,27,29). The number of aromatic nitrogens is 4. The quantitative estimate of drug-likeness (QED) is 0.709. The van der Waals surface area contributed by atoms with E-state index in [1.165, 1.54) is 39.8 Å². The maximum absolute atomic E-state index is 11.7. The number of nitrogens with zero attached hydrogens (tertiary/aromatic N) is 3. The van der Waals surface area contributed by atoms with Crippen LogP contribution in [0.15, 0.2) is 47.8 Å². The molecule has 0 atom stereocenters. The number of H-pyrrole nitrogens is 1. The van der Waals surface area contributed by atoms with E-state index in [0.29, 0.717) is 5.69 Å². The molecule has 150 valence electrons. The second-order valence-electron chi connectivity index (χ2n) is 9.42. The molecule has 29 heavy (non-hydrogen) atoms. The lowest BCUT2D eigenvalue weighted by Gasteiger charge is -2.42. The van der Waals surface area contributed by atoms with Gasteiger partial charge in [0.15, 0.2) is 0 Å². The van der Waals surface area contributed by atoms with Crippen molar-refractivity contribution in [3.05, 3.63) is 81.3 Å². The molecule has 0 saturated carbocycles. The average Bonchev–Trinajstić information content (AvgIpc) is 3.11. The number of hydrogen-bond acceptors (Lipinski definition) is 3. The Labute approximate surface area is 171 Å². The number of aryl methyl sites for hydroxylation is 1. The summed E-state index contributed by atoms with van der Waals surface area (Å²) >= 11 is 0. The molecule has 0 aliphatic heterocycles. The molecule has 2 aromatic carbocycles. The van der Waals surface area contributed by atoms with Gasteiger partial charge >= 0.3 is 5.69 Å². The summed E-state index contributed by atoms with van der Waals surface area (Å²) in [4.78, 5) is 11.7. The number of rotatable bonds is 3. The molecule has 0 saturated heterocycles. The number of benzene rings is 2. The number of tetrazole rings is 1. The smallest absolute Gasteiger partial charge is 0.244 e. The molecule has 0 fully saturated rings. The van der Waals surface area contributed by atoms with Gasteiger partial charge in [0.2, 0.25) is 0 Å². The van der Waals surface area contributed by atoms with Gasteiger partial charge in [0.25, 0.3) is 0 Å². The predicted molar refractivity (Wildman–Crippen MR) is 117 cm³/mol. The zero-order valence-corrected chi connectivity index (χ0v) is 17.8. The van der Waals surface area contributed by atoms with Crippen molar-refractivity contribution in [1.29, 1.82) is 0 Å². The molecule has 0 amide bonds. The molecule has 3 aromatic rings. The van der Waals surface area contributed by atoms with Gasteiger partial charge in [-0.1, -0.05) is 58.5 Å². The summed E-state index contributed by atoms with van der Waals surface area (Å²) in [5.74, 6) is 0. The van der Waals surface area contributed by atoms with Crippen LogP contribution in [0, 0.1) is 6.92 Å². The first-order valence-electron chi connectivity index (χ1n) is 10.1. The summed E-state index contributed by atoms with van der Waals surface area (Å²) in [6.07, 6.45) is 2.39. The van der Waals surface area contributed by atoms with Crippen LogP contribution in [0.25, 0.3) is 11.3 Å². The number of fused-ring (bicyclic) bond motifs is 1. The van der Waals surface area contributed by atoms with Crippen molar-refractivity contribution in [2.45, 2.75) is 58.3 Å². The third-order valence-electron chi connectivity index (χ3n) is 6.46. The van der Waals surface area contributed by atoms with Crippen molar-refractivity contribution in [2.24, 2.45) is 0 Å². The van der Waals surface area contributed by atoms with Crippen LogP contribution in [0.4, 0.5) is 0 Å². The van der Waals surface area contributed by atoms with E-state index in [0.717, 1.165) is 11.1 Å². The van der Waals surface area contributed by atoms with Gasteiger partial charge in [0, 0.05) is 0 Å². The first-order chi connectivity index (χ1) is 13.6. The highest BCUT2D eigenvalue weighted by Crippen LogP contribution is 2.47. The molecule has 0 spiro atoms. The Morgan fingerprint density at radius 2 is 1.62 bits per heavy atom. The summed E-state index contributed by atoms with van der Waals surface area (Å²) in [6.45, 7) is 15.9. The maximum atomic E-state index is 11.7. The minimum Gasteiger partial charge on any atom is -0.244 e. The molecule has 1 aliphatic rings. The minimum atomic E-state index is -0.355. The Bertz CT molecular complexity index is 1150. The molecular formula is C24H28N4O. The first kappa shape index (κ1) is 19.4. The van der Waals surface area contributed by atoms with E-state index in [4.69, 9.17) is 0 Å². The summed E-state index contributed by atoms with van der Waals surface area (Å²) in [7, 11) is 0. The van der Waals surface area contributed by atoms with Crippen LogP contribution in [-0.4, -0.2) is 20.2 Å². The highest BCUT2D eigenvalue weighted by atomic mass is 16.2. The van der Waals surface area contributed by atoms with E-state index >= 15 is 0 Å². The van der Waals surface area contributed by atoms with Gasteiger partial charge in [-0.05, 0) is 86.5 Å². The van der Waals surface area contributed by atoms with Crippen LogP contribution in [0.2, 0.25) is 0 Å². The van der Waals surface area contributed by atoms with Crippen LogP contribution in [0.5, 0.6) is 0 Å². The fourth-order valence-corrected chi connectivity index (χ4v) is 4.37. The Kier molecular flexibility index (Phi) is 4.37. The SMILES string of the molecule is C=C(c1ccc(-n2nn[nH]c2=O)cc1)c1cc2c(cc1C)C(C)(C)CCC2(C)C. The number of aromatic amines is 1. The van der Waals surface area contributed by atoms with Gasteiger partial charge in [-0.3, -0.25) is 0 Å². The molecule has 5 nitrogen and oxygen atoms in total. The molecule has 5 heteroatoms. The highest BCUT2D eigenvalue weighted by Gasteiger charge is 2.37. The van der Waals surface area contributed by atoms with Crippen LogP contribution in [0.3, 0.4) is 0 Å². The van der Waals surface area contributed by atoms with Gasteiger partial charge in [-0.25, -0.2) is 9.89 Å². The van der Waals surface area contributed by atoms with Crippen molar-refractivity contribution in [1.82, 2.24) is 20.2 Å². The van der Waals surface area contributed by atoms with Gasteiger partial charge in [-0.15, -0.1) is 0 Å². The van der Waals surface area contributed by atoms with E-state index in [1.807, 2.05) is 24.3 Å². The molecule has 0 radical (unpaired) electrons. The van der Waals surface area contributed by atoms with E-state index in [9.17, 15) is 4.79 Å². The normalized spacial score (nSPS) is 17.0. The zero-order valence-electron chi connectivity index (χ0n) is 17.8. The van der Waals surface area contributed by atoms with E-state index in [2.05, 4.69) is 68.9 Å². The molecule has 4 rings (SSSR count). The lowest BCUT2D eigenvalue weighted by molar-refractivity contribution is 0.331. The second kappa shape index (κ2) is 6.55. The molecule has 1 N–H and O–H groups in total. The topological polar surface area (TPSA) is 63.6 Å². The Morgan fingerprint density at radius 1 is 1.03 bits per heavy atom. The molecular weight excluding hydrogens is 360 g/mol. The van der Waals surface area contributed by atoms with Crippen molar-refractivity contribution >= 4 is 5.57 Å². The van der Waals surface area contributed by atoms with E-state index in [1.54, 1.807) is 0 Å². The lowest BCUT2D eigenvalue weighted by atomic mass is 9.62. The fraction of sp³-hybridized carbons (Fsp3) is 0.375. The van der Waals surface area contributed by atoms with Gasteiger partial charge < -0.3 is 0 Å². The summed E-state index contributed by atoms with van der Waals surface area (Å²) in [5, 5.41) is 9.64. The number of nitrogens with one attached hydrogen (secondary N) is 1. The van der Waals surface area contributed by atoms with Crippen LogP contribution in [-0.2, 0) is 10.8 Å². The van der Waals surface area contributed by atoms with Crippen molar-refractivity contribution < 1.29 is 0 Å². The Morgan fingerprint density at radius 3 is 2.17 bits per heavy atom. The molecule has 1 heterocycles. The third kappa shape index (κ3) is 3.24. The number of hydrogen-bond donors (Lipinski definition) is 1. The fourth-order valence-electron chi connectivity index (χ4n) is 4.37. The summed E-state index contributed by atoms with van der Waals surface area (Å²) in [6, 6.07) is 12.4.